The van der Waals surface area contributed by atoms with E-state index in [1.807, 2.05) is 35.0 Å². The van der Waals surface area contributed by atoms with Crippen LogP contribution in [0.4, 0.5) is 5.69 Å². The Labute approximate surface area is 111 Å². The van der Waals surface area contributed by atoms with Gasteiger partial charge in [-0.2, -0.15) is 0 Å². The van der Waals surface area contributed by atoms with E-state index in [0.29, 0.717) is 0 Å². The van der Waals surface area contributed by atoms with Gasteiger partial charge in [0, 0.05) is 12.4 Å². The summed E-state index contributed by atoms with van der Waals surface area (Å²) in [6.07, 6.45) is 7.26. The summed E-state index contributed by atoms with van der Waals surface area (Å²) in [6, 6.07) is 7.65. The van der Waals surface area contributed by atoms with Crippen LogP contribution in [0.15, 0.2) is 43.0 Å². The zero-order valence-corrected chi connectivity index (χ0v) is 10.5. The summed E-state index contributed by atoms with van der Waals surface area (Å²) in [6.45, 7) is 0.918. The zero-order chi connectivity index (χ0) is 13.1. The Morgan fingerprint density at radius 3 is 3.05 bits per heavy atom. The van der Waals surface area contributed by atoms with Gasteiger partial charge in [-0.15, -0.1) is 0 Å². The Hall–Kier alpha value is -2.14. The number of nitrogens with zero attached hydrogens (tertiary/aromatic N) is 2. The van der Waals surface area contributed by atoms with Crippen LogP contribution in [0, 0.1) is 0 Å². The molecule has 1 aromatic heterocycles. The number of carbonyl (C=O) groups is 1. The second-order valence-electron chi connectivity index (χ2n) is 4.63. The minimum atomic E-state index is -0.0733. The molecule has 3 rings (SSSR count). The smallest absolute Gasteiger partial charge is 0.241 e. The number of benzene rings is 1. The second kappa shape index (κ2) is 5.24. The SMILES string of the molecule is O=C(Nc1ccccc1-n1ccnc1)[C@@H]1CCCN1. The molecule has 0 spiro atoms. The summed E-state index contributed by atoms with van der Waals surface area (Å²) in [5, 5.41) is 6.19. The number of para-hydroxylation sites is 2. The van der Waals surface area contributed by atoms with Crippen molar-refractivity contribution in [2.24, 2.45) is 0 Å². The molecule has 1 fully saturated rings. The summed E-state index contributed by atoms with van der Waals surface area (Å²) in [7, 11) is 0. The third kappa shape index (κ3) is 2.51. The fraction of sp³-hybridized carbons (Fsp3) is 0.286. The van der Waals surface area contributed by atoms with Gasteiger partial charge < -0.3 is 15.2 Å². The average molecular weight is 256 g/mol. The maximum Gasteiger partial charge on any atom is 0.241 e. The standard InChI is InChI=1S/C14H16N4O/c19-14(12-5-3-7-16-12)17-11-4-1-2-6-13(11)18-9-8-15-10-18/h1-2,4,6,8-10,12,16H,3,5,7H2,(H,17,19)/t12-/m0/s1. The molecule has 0 radical (unpaired) electrons. The van der Waals surface area contributed by atoms with Gasteiger partial charge in [0.1, 0.15) is 0 Å². The number of rotatable bonds is 3. The first kappa shape index (κ1) is 11.9. The van der Waals surface area contributed by atoms with Crippen molar-refractivity contribution < 1.29 is 4.79 Å². The number of hydrogen-bond donors (Lipinski definition) is 2. The van der Waals surface area contributed by atoms with Gasteiger partial charge in [0.2, 0.25) is 5.91 Å². The number of aromatic nitrogens is 2. The van der Waals surface area contributed by atoms with E-state index < -0.39 is 0 Å². The molecule has 0 saturated carbocycles. The largest absolute Gasteiger partial charge is 0.323 e. The molecule has 98 valence electrons. The molecule has 1 aromatic carbocycles. The number of amides is 1. The third-order valence-electron chi connectivity index (χ3n) is 3.32. The lowest BCUT2D eigenvalue weighted by atomic mass is 10.2. The van der Waals surface area contributed by atoms with Gasteiger partial charge >= 0.3 is 0 Å². The third-order valence-corrected chi connectivity index (χ3v) is 3.32. The minimum absolute atomic E-state index is 0.0325. The van der Waals surface area contributed by atoms with Crippen molar-refractivity contribution in [2.45, 2.75) is 18.9 Å². The van der Waals surface area contributed by atoms with Gasteiger partial charge in [0.05, 0.1) is 23.7 Å². The molecule has 0 aliphatic carbocycles. The van der Waals surface area contributed by atoms with Gasteiger partial charge in [0.25, 0.3) is 0 Å². The van der Waals surface area contributed by atoms with E-state index in [2.05, 4.69) is 15.6 Å². The van der Waals surface area contributed by atoms with E-state index in [1.54, 1.807) is 12.5 Å². The van der Waals surface area contributed by atoms with Crippen molar-refractivity contribution in [3.8, 4) is 5.69 Å². The van der Waals surface area contributed by atoms with Crippen LogP contribution in [0.1, 0.15) is 12.8 Å². The Morgan fingerprint density at radius 1 is 1.42 bits per heavy atom. The molecule has 1 atom stereocenters. The molecule has 2 heterocycles. The Bertz CT molecular complexity index is 559. The number of imidazole rings is 1. The summed E-state index contributed by atoms with van der Waals surface area (Å²) in [5.74, 6) is 0.0325. The van der Waals surface area contributed by atoms with E-state index in [0.717, 1.165) is 30.8 Å². The van der Waals surface area contributed by atoms with Crippen molar-refractivity contribution in [3.63, 3.8) is 0 Å². The first-order valence-electron chi connectivity index (χ1n) is 6.46. The molecule has 0 bridgehead atoms. The highest BCUT2D eigenvalue weighted by Gasteiger charge is 2.22. The van der Waals surface area contributed by atoms with Gasteiger partial charge in [-0.25, -0.2) is 4.98 Å². The van der Waals surface area contributed by atoms with Crippen LogP contribution in [-0.4, -0.2) is 28.0 Å². The number of carbonyl (C=O) groups excluding carboxylic acids is 1. The summed E-state index contributed by atoms with van der Waals surface area (Å²) in [4.78, 5) is 16.2. The molecular weight excluding hydrogens is 240 g/mol. The maximum absolute atomic E-state index is 12.1. The second-order valence-corrected chi connectivity index (χ2v) is 4.63. The normalized spacial score (nSPS) is 18.4. The average Bonchev–Trinajstić information content (AvgIpc) is 3.13. The van der Waals surface area contributed by atoms with Gasteiger partial charge in [-0.05, 0) is 31.5 Å². The van der Waals surface area contributed by atoms with Crippen LogP contribution in [0.2, 0.25) is 0 Å². The summed E-state index contributed by atoms with van der Waals surface area (Å²) >= 11 is 0. The Balaban J connectivity index is 1.83. The van der Waals surface area contributed by atoms with E-state index in [-0.39, 0.29) is 11.9 Å². The molecular formula is C14H16N4O. The lowest BCUT2D eigenvalue weighted by Crippen LogP contribution is -2.35. The van der Waals surface area contributed by atoms with E-state index in [1.165, 1.54) is 0 Å². The predicted octanol–water partition coefficient (Wildman–Crippen LogP) is 1.56. The fourth-order valence-corrected chi connectivity index (χ4v) is 2.33. The van der Waals surface area contributed by atoms with Crippen LogP contribution in [-0.2, 0) is 4.79 Å². The van der Waals surface area contributed by atoms with Crippen LogP contribution in [0.3, 0.4) is 0 Å². The highest BCUT2D eigenvalue weighted by atomic mass is 16.2. The quantitative estimate of drug-likeness (QED) is 0.876. The van der Waals surface area contributed by atoms with Crippen molar-refractivity contribution in [2.75, 3.05) is 11.9 Å². The van der Waals surface area contributed by atoms with E-state index >= 15 is 0 Å². The first-order valence-corrected chi connectivity index (χ1v) is 6.46. The molecule has 5 heteroatoms. The zero-order valence-electron chi connectivity index (χ0n) is 10.5. The molecule has 0 unspecified atom stereocenters. The molecule has 19 heavy (non-hydrogen) atoms. The highest BCUT2D eigenvalue weighted by molar-refractivity contribution is 5.96. The predicted molar refractivity (Wildman–Crippen MR) is 73.2 cm³/mol. The van der Waals surface area contributed by atoms with Gasteiger partial charge in [-0.1, -0.05) is 12.1 Å². The number of anilines is 1. The topological polar surface area (TPSA) is 59.0 Å². The maximum atomic E-state index is 12.1. The first-order chi connectivity index (χ1) is 9.34. The molecule has 2 aromatic rings. The Morgan fingerprint density at radius 2 is 2.32 bits per heavy atom. The van der Waals surface area contributed by atoms with Crippen molar-refractivity contribution in [3.05, 3.63) is 43.0 Å². The van der Waals surface area contributed by atoms with Crippen LogP contribution in [0.25, 0.3) is 5.69 Å². The molecule has 1 aliphatic rings. The highest BCUT2D eigenvalue weighted by Crippen LogP contribution is 2.20. The minimum Gasteiger partial charge on any atom is -0.323 e. The fourth-order valence-electron chi connectivity index (χ4n) is 2.33. The number of hydrogen-bond acceptors (Lipinski definition) is 3. The molecule has 1 aliphatic heterocycles. The lowest BCUT2D eigenvalue weighted by Gasteiger charge is -2.14. The van der Waals surface area contributed by atoms with E-state index in [4.69, 9.17) is 0 Å². The molecule has 1 amide bonds. The van der Waals surface area contributed by atoms with Crippen LogP contribution in [0.5, 0.6) is 0 Å². The van der Waals surface area contributed by atoms with E-state index in [9.17, 15) is 4.79 Å². The lowest BCUT2D eigenvalue weighted by molar-refractivity contribution is -0.117. The van der Waals surface area contributed by atoms with Gasteiger partial charge in [0.15, 0.2) is 0 Å². The van der Waals surface area contributed by atoms with Crippen molar-refractivity contribution >= 4 is 11.6 Å². The molecule has 1 saturated heterocycles. The summed E-state index contributed by atoms with van der Waals surface area (Å²) in [5.41, 5.74) is 1.73. The molecule has 2 N–H and O–H groups in total. The number of nitrogens with one attached hydrogen (secondary N) is 2. The Kier molecular flexibility index (Phi) is 3.29. The summed E-state index contributed by atoms with van der Waals surface area (Å²) < 4.78 is 1.89. The van der Waals surface area contributed by atoms with Crippen molar-refractivity contribution in [1.29, 1.82) is 0 Å². The van der Waals surface area contributed by atoms with Crippen molar-refractivity contribution in [1.82, 2.24) is 14.9 Å². The van der Waals surface area contributed by atoms with Crippen LogP contribution < -0.4 is 10.6 Å². The van der Waals surface area contributed by atoms with Crippen LogP contribution >= 0.6 is 0 Å². The van der Waals surface area contributed by atoms with Gasteiger partial charge in [-0.3, -0.25) is 4.79 Å². The monoisotopic (exact) mass is 256 g/mol. The molecule has 5 nitrogen and oxygen atoms in total.